The van der Waals surface area contributed by atoms with E-state index >= 15 is 0 Å². The Bertz CT molecular complexity index is 1270. The van der Waals surface area contributed by atoms with Gasteiger partial charge < -0.3 is 4.42 Å². The van der Waals surface area contributed by atoms with Gasteiger partial charge in [0, 0.05) is 27.9 Å². The molecule has 5 aromatic rings. The Morgan fingerprint density at radius 2 is 1.54 bits per heavy atom. The summed E-state index contributed by atoms with van der Waals surface area (Å²) in [7, 11) is 0. The quantitative estimate of drug-likeness (QED) is 0.346. The van der Waals surface area contributed by atoms with Crippen LogP contribution in [0.2, 0.25) is 0 Å². The zero-order chi connectivity index (χ0) is 19.1. The van der Waals surface area contributed by atoms with Crippen molar-refractivity contribution in [3.05, 3.63) is 102 Å². The van der Waals surface area contributed by atoms with Gasteiger partial charge in [0.15, 0.2) is 0 Å². The Hall–Kier alpha value is -3.39. The number of pyridine rings is 1. The number of para-hydroxylation sites is 1. The monoisotopic (exact) mass is 363 g/mol. The van der Waals surface area contributed by atoms with E-state index in [4.69, 9.17) is 4.42 Å². The molecule has 0 aliphatic carbocycles. The van der Waals surface area contributed by atoms with E-state index in [0.29, 0.717) is 0 Å². The van der Waals surface area contributed by atoms with Crippen LogP contribution < -0.4 is 0 Å². The molecule has 0 bridgehead atoms. The highest BCUT2D eigenvalue weighted by Gasteiger charge is 2.24. The number of hydrogen-bond donors (Lipinski definition) is 0. The lowest BCUT2D eigenvalue weighted by Gasteiger charge is -2.26. The lowest BCUT2D eigenvalue weighted by molar-refractivity contribution is 0.639. The van der Waals surface area contributed by atoms with E-state index in [9.17, 15) is 0 Å². The molecular formula is C26H21NO. The molecule has 2 aromatic heterocycles. The Balaban J connectivity index is 1.72. The van der Waals surface area contributed by atoms with Gasteiger partial charge in [-0.3, -0.25) is 4.98 Å². The van der Waals surface area contributed by atoms with Crippen molar-refractivity contribution in [2.24, 2.45) is 0 Å². The van der Waals surface area contributed by atoms with Crippen molar-refractivity contribution in [3.8, 4) is 11.3 Å². The first-order valence-electron chi connectivity index (χ1n) is 9.57. The van der Waals surface area contributed by atoms with E-state index < -0.39 is 0 Å². The fraction of sp³-hybridized carbons (Fsp3) is 0.115. The van der Waals surface area contributed by atoms with Crippen LogP contribution in [0.3, 0.4) is 0 Å². The van der Waals surface area contributed by atoms with Crippen LogP contribution in [-0.4, -0.2) is 4.98 Å². The van der Waals surface area contributed by atoms with Gasteiger partial charge in [-0.2, -0.15) is 0 Å². The summed E-state index contributed by atoms with van der Waals surface area (Å²) in [4.78, 5) is 4.51. The van der Waals surface area contributed by atoms with Crippen LogP contribution in [0.15, 0.2) is 95.5 Å². The van der Waals surface area contributed by atoms with Crippen LogP contribution in [0.25, 0.3) is 33.2 Å². The molecule has 0 aliphatic rings. The molecule has 0 aliphatic heterocycles. The van der Waals surface area contributed by atoms with Crippen molar-refractivity contribution in [1.82, 2.24) is 4.98 Å². The van der Waals surface area contributed by atoms with Gasteiger partial charge >= 0.3 is 0 Å². The molecule has 2 nitrogen and oxygen atoms in total. The minimum atomic E-state index is -0.0857. The maximum atomic E-state index is 6.27. The molecule has 5 rings (SSSR count). The van der Waals surface area contributed by atoms with Gasteiger partial charge in [-0.25, -0.2) is 0 Å². The van der Waals surface area contributed by atoms with Crippen molar-refractivity contribution < 1.29 is 4.42 Å². The summed E-state index contributed by atoms with van der Waals surface area (Å²) in [6.07, 6.45) is 1.82. The van der Waals surface area contributed by atoms with Crippen LogP contribution in [0.1, 0.15) is 25.0 Å². The normalized spacial score (nSPS) is 11.9. The average Bonchev–Trinajstić information content (AvgIpc) is 3.13. The fourth-order valence-electron chi connectivity index (χ4n) is 3.93. The number of aromatic nitrogens is 1. The first-order valence-corrected chi connectivity index (χ1v) is 9.57. The summed E-state index contributed by atoms with van der Waals surface area (Å²) in [5.41, 5.74) is 6.25. The Morgan fingerprint density at radius 1 is 0.714 bits per heavy atom. The third-order valence-corrected chi connectivity index (χ3v) is 5.65. The molecule has 136 valence electrons. The van der Waals surface area contributed by atoms with Gasteiger partial charge in [-0.15, -0.1) is 0 Å². The molecule has 2 heterocycles. The summed E-state index contributed by atoms with van der Waals surface area (Å²) in [6.45, 7) is 4.54. The Labute approximate surface area is 164 Å². The molecule has 0 N–H and O–H groups in total. The Morgan fingerprint density at radius 3 is 2.32 bits per heavy atom. The second kappa shape index (κ2) is 6.35. The van der Waals surface area contributed by atoms with E-state index in [2.05, 4.69) is 85.6 Å². The molecule has 0 saturated carbocycles. The summed E-state index contributed by atoms with van der Waals surface area (Å²) in [5, 5.41) is 2.28. The molecular weight excluding hydrogens is 342 g/mol. The topological polar surface area (TPSA) is 26.0 Å². The third kappa shape index (κ3) is 2.61. The van der Waals surface area contributed by atoms with Crippen molar-refractivity contribution in [3.63, 3.8) is 0 Å². The van der Waals surface area contributed by atoms with Crippen LogP contribution in [0.4, 0.5) is 0 Å². The molecule has 0 fully saturated rings. The summed E-state index contributed by atoms with van der Waals surface area (Å²) < 4.78 is 6.27. The first-order chi connectivity index (χ1) is 13.6. The predicted octanol–water partition coefficient (Wildman–Crippen LogP) is 6.97. The van der Waals surface area contributed by atoms with E-state index in [1.165, 1.54) is 11.1 Å². The van der Waals surface area contributed by atoms with E-state index in [0.717, 1.165) is 33.2 Å². The Kier molecular flexibility index (Phi) is 3.80. The summed E-state index contributed by atoms with van der Waals surface area (Å²) in [6, 6.07) is 29.4. The van der Waals surface area contributed by atoms with Crippen molar-refractivity contribution in [1.29, 1.82) is 0 Å². The first kappa shape index (κ1) is 16.8. The molecule has 0 unspecified atom stereocenters. The zero-order valence-electron chi connectivity index (χ0n) is 16.0. The van der Waals surface area contributed by atoms with Gasteiger partial charge in [0.05, 0.1) is 5.69 Å². The van der Waals surface area contributed by atoms with Gasteiger partial charge in [0.1, 0.15) is 11.2 Å². The van der Waals surface area contributed by atoms with Crippen LogP contribution >= 0.6 is 0 Å². The van der Waals surface area contributed by atoms with Crippen LogP contribution in [0.5, 0.6) is 0 Å². The lowest BCUT2D eigenvalue weighted by Crippen LogP contribution is -2.18. The predicted molar refractivity (Wildman–Crippen MR) is 116 cm³/mol. The maximum absolute atomic E-state index is 6.27. The molecule has 0 saturated heterocycles. The summed E-state index contributed by atoms with van der Waals surface area (Å²) in [5.74, 6) is 0. The molecule has 0 atom stereocenters. The molecule has 3 aromatic carbocycles. The second-order valence-electron chi connectivity index (χ2n) is 7.70. The number of fused-ring (bicyclic) bond motifs is 3. The van der Waals surface area contributed by atoms with Crippen molar-refractivity contribution in [2.45, 2.75) is 19.3 Å². The molecule has 0 spiro atoms. The number of hydrogen-bond acceptors (Lipinski definition) is 2. The van der Waals surface area contributed by atoms with E-state index in [-0.39, 0.29) is 5.41 Å². The minimum absolute atomic E-state index is 0.0857. The second-order valence-corrected chi connectivity index (χ2v) is 7.70. The number of benzene rings is 3. The van der Waals surface area contributed by atoms with Crippen LogP contribution in [-0.2, 0) is 5.41 Å². The van der Waals surface area contributed by atoms with Crippen molar-refractivity contribution in [2.75, 3.05) is 0 Å². The number of furan rings is 1. The van der Waals surface area contributed by atoms with Crippen molar-refractivity contribution >= 4 is 21.9 Å². The largest absolute Gasteiger partial charge is 0.455 e. The average molecular weight is 363 g/mol. The highest BCUT2D eigenvalue weighted by molar-refractivity contribution is 6.09. The van der Waals surface area contributed by atoms with Gasteiger partial charge in [0.2, 0.25) is 0 Å². The van der Waals surface area contributed by atoms with E-state index in [1.807, 2.05) is 24.4 Å². The number of rotatable bonds is 3. The molecule has 0 radical (unpaired) electrons. The molecule has 0 amide bonds. The van der Waals surface area contributed by atoms with Gasteiger partial charge in [0.25, 0.3) is 0 Å². The highest BCUT2D eigenvalue weighted by atomic mass is 16.3. The maximum Gasteiger partial charge on any atom is 0.144 e. The summed E-state index contributed by atoms with van der Waals surface area (Å²) >= 11 is 0. The lowest BCUT2D eigenvalue weighted by atomic mass is 9.78. The SMILES string of the molecule is CC(C)(c1ccccc1)c1ccc2oc3c(-c4ccccn4)cccc3c2c1. The molecule has 28 heavy (non-hydrogen) atoms. The minimum Gasteiger partial charge on any atom is -0.455 e. The van der Waals surface area contributed by atoms with E-state index in [1.54, 1.807) is 0 Å². The van der Waals surface area contributed by atoms with Gasteiger partial charge in [-0.1, -0.05) is 68.4 Å². The van der Waals surface area contributed by atoms with Crippen LogP contribution in [0, 0.1) is 0 Å². The smallest absolute Gasteiger partial charge is 0.144 e. The third-order valence-electron chi connectivity index (χ3n) is 5.65. The number of nitrogens with zero attached hydrogens (tertiary/aromatic N) is 1. The zero-order valence-corrected chi connectivity index (χ0v) is 16.0. The van der Waals surface area contributed by atoms with Gasteiger partial charge in [-0.05, 0) is 41.5 Å². The standard InChI is InChI=1S/C26H21NO/c1-26(2,18-9-4-3-5-10-18)19-14-15-24-22(17-19)20-11-8-12-21(25(20)28-24)23-13-6-7-16-27-23/h3-17H,1-2H3. The fourth-order valence-corrected chi connectivity index (χ4v) is 3.93. The molecule has 2 heteroatoms. The highest BCUT2D eigenvalue weighted by Crippen LogP contribution is 2.38.